The summed E-state index contributed by atoms with van der Waals surface area (Å²) >= 11 is 6.24. The second kappa shape index (κ2) is 5.26. The number of nitrogens with one attached hydrogen (secondary N) is 2. The zero-order valence-electron chi connectivity index (χ0n) is 10.8. The number of rotatable bonds is 2. The molecule has 0 spiro atoms. The molecule has 5 nitrogen and oxygen atoms in total. The van der Waals surface area contributed by atoms with Crippen LogP contribution < -0.4 is 10.6 Å². The van der Waals surface area contributed by atoms with Crippen LogP contribution in [0.25, 0.3) is 0 Å². The topological polar surface area (TPSA) is 61.4 Å². The van der Waals surface area contributed by atoms with Gasteiger partial charge < -0.3 is 10.6 Å². The molecule has 1 fully saturated rings. The van der Waals surface area contributed by atoms with Crippen molar-refractivity contribution in [2.75, 3.05) is 26.2 Å². The average Bonchev–Trinajstić information content (AvgIpc) is 2.74. The summed E-state index contributed by atoms with van der Waals surface area (Å²) in [5, 5.41) is 6.86. The number of imide groups is 1. The van der Waals surface area contributed by atoms with E-state index in [0.717, 1.165) is 18.8 Å². The van der Waals surface area contributed by atoms with E-state index < -0.39 is 0 Å². The van der Waals surface area contributed by atoms with Gasteiger partial charge in [0, 0.05) is 25.3 Å². The van der Waals surface area contributed by atoms with Gasteiger partial charge in [-0.15, -0.1) is 0 Å². The van der Waals surface area contributed by atoms with Crippen LogP contribution in [-0.4, -0.2) is 42.9 Å². The van der Waals surface area contributed by atoms with E-state index in [1.807, 2.05) is 0 Å². The summed E-state index contributed by atoms with van der Waals surface area (Å²) < 4.78 is 0. The largest absolute Gasteiger partial charge is 0.385 e. The predicted octanol–water partition coefficient (Wildman–Crippen LogP) is 0.926. The quantitative estimate of drug-likeness (QED) is 0.796. The number of benzene rings is 1. The third kappa shape index (κ3) is 2.19. The van der Waals surface area contributed by atoms with Gasteiger partial charge in [-0.2, -0.15) is 0 Å². The Morgan fingerprint density at radius 3 is 2.35 bits per heavy atom. The van der Waals surface area contributed by atoms with Crippen LogP contribution in [0.4, 0.5) is 0 Å². The minimum absolute atomic E-state index is 0.109. The number of carbonyl (C=O) groups is 2. The molecule has 1 saturated heterocycles. The van der Waals surface area contributed by atoms with Gasteiger partial charge in [0.15, 0.2) is 0 Å². The summed E-state index contributed by atoms with van der Waals surface area (Å²) in [6, 6.07) is 6.83. The summed E-state index contributed by atoms with van der Waals surface area (Å²) in [5.74, 6) is -0.568. The van der Waals surface area contributed by atoms with Crippen LogP contribution in [0, 0.1) is 0 Å². The van der Waals surface area contributed by atoms with Crippen LogP contribution >= 0.6 is 11.6 Å². The zero-order chi connectivity index (χ0) is 14.1. The van der Waals surface area contributed by atoms with Crippen LogP contribution in [0.2, 0.25) is 0 Å². The predicted molar refractivity (Wildman–Crippen MR) is 75.6 cm³/mol. The molecule has 0 saturated carbocycles. The molecule has 0 atom stereocenters. The van der Waals surface area contributed by atoms with Gasteiger partial charge in [0.05, 0.1) is 22.7 Å². The molecule has 0 unspecified atom stereocenters. The number of piperazine rings is 1. The maximum Gasteiger partial charge on any atom is 0.261 e. The first-order valence-electron chi connectivity index (χ1n) is 6.46. The van der Waals surface area contributed by atoms with E-state index >= 15 is 0 Å². The van der Waals surface area contributed by atoms with E-state index in [-0.39, 0.29) is 18.4 Å². The number of carbonyl (C=O) groups excluding carboxylic acids is 2. The van der Waals surface area contributed by atoms with Gasteiger partial charge in [0.1, 0.15) is 0 Å². The lowest BCUT2D eigenvalue weighted by Gasteiger charge is -2.21. The van der Waals surface area contributed by atoms with Gasteiger partial charge in [-0.25, -0.2) is 0 Å². The molecule has 20 heavy (non-hydrogen) atoms. The molecular weight excluding hydrogens is 278 g/mol. The molecule has 0 aromatic heterocycles. The molecule has 1 aromatic carbocycles. The molecule has 2 heterocycles. The van der Waals surface area contributed by atoms with Gasteiger partial charge in [-0.05, 0) is 12.1 Å². The van der Waals surface area contributed by atoms with Crippen molar-refractivity contribution in [3.8, 4) is 0 Å². The fraction of sp³-hybridized carbons (Fsp3) is 0.286. The molecule has 3 rings (SSSR count). The third-order valence-electron chi connectivity index (χ3n) is 3.44. The lowest BCUT2D eigenvalue weighted by atomic mass is 10.1. The molecule has 0 bridgehead atoms. The number of hydrogen-bond acceptors (Lipinski definition) is 4. The molecule has 2 aliphatic heterocycles. The summed E-state index contributed by atoms with van der Waals surface area (Å²) in [7, 11) is 0. The minimum atomic E-state index is -0.284. The smallest absolute Gasteiger partial charge is 0.261 e. The first-order valence-corrected chi connectivity index (χ1v) is 6.83. The Morgan fingerprint density at radius 2 is 1.80 bits per heavy atom. The molecule has 6 heteroatoms. The van der Waals surface area contributed by atoms with Crippen LogP contribution in [-0.2, 0) is 0 Å². The summed E-state index contributed by atoms with van der Waals surface area (Å²) in [6.45, 7) is 2.40. The van der Waals surface area contributed by atoms with Crippen molar-refractivity contribution in [3.05, 3.63) is 46.1 Å². The van der Waals surface area contributed by atoms with Gasteiger partial charge in [0.25, 0.3) is 11.8 Å². The third-order valence-corrected chi connectivity index (χ3v) is 3.79. The van der Waals surface area contributed by atoms with Crippen molar-refractivity contribution in [1.82, 2.24) is 15.5 Å². The number of amides is 2. The van der Waals surface area contributed by atoms with Crippen LogP contribution in [0.5, 0.6) is 0 Å². The second-order valence-electron chi connectivity index (χ2n) is 4.73. The summed E-state index contributed by atoms with van der Waals surface area (Å²) in [6.07, 6.45) is 0. The highest BCUT2D eigenvalue weighted by Gasteiger charge is 2.35. The Labute approximate surface area is 121 Å². The Balaban J connectivity index is 1.83. The Kier molecular flexibility index (Phi) is 3.46. The lowest BCUT2D eigenvalue weighted by molar-refractivity contribution is 0.0670. The zero-order valence-corrected chi connectivity index (χ0v) is 11.5. The number of fused-ring (bicyclic) bond motifs is 1. The monoisotopic (exact) mass is 291 g/mol. The fourth-order valence-corrected chi connectivity index (χ4v) is 2.64. The number of halogens is 1. The molecule has 2 N–H and O–H groups in total. The minimum Gasteiger partial charge on any atom is -0.385 e. The van der Waals surface area contributed by atoms with Gasteiger partial charge in [-0.3, -0.25) is 14.5 Å². The van der Waals surface area contributed by atoms with Crippen molar-refractivity contribution in [3.63, 3.8) is 0 Å². The molecule has 104 valence electrons. The molecule has 0 aliphatic carbocycles. The van der Waals surface area contributed by atoms with E-state index in [9.17, 15) is 9.59 Å². The van der Waals surface area contributed by atoms with Crippen LogP contribution in [0.15, 0.2) is 35.0 Å². The lowest BCUT2D eigenvalue weighted by Crippen LogP contribution is -2.40. The summed E-state index contributed by atoms with van der Waals surface area (Å²) in [5.41, 5.74) is 1.73. The molecular formula is C14H14ClN3O2. The first-order chi connectivity index (χ1) is 9.68. The molecule has 1 aromatic rings. The average molecular weight is 292 g/mol. The molecule has 2 aliphatic rings. The number of nitrogens with zero attached hydrogens (tertiary/aromatic N) is 1. The van der Waals surface area contributed by atoms with Crippen LogP contribution in [0.1, 0.15) is 20.7 Å². The van der Waals surface area contributed by atoms with Crippen molar-refractivity contribution in [2.45, 2.75) is 0 Å². The van der Waals surface area contributed by atoms with Crippen molar-refractivity contribution < 1.29 is 9.59 Å². The van der Waals surface area contributed by atoms with E-state index in [0.29, 0.717) is 22.7 Å². The fourth-order valence-electron chi connectivity index (χ4n) is 2.39. The Hall–Kier alpha value is -1.85. The maximum absolute atomic E-state index is 12.2. The Morgan fingerprint density at radius 1 is 1.15 bits per heavy atom. The molecule has 2 amide bonds. The standard InChI is InChI=1S/C14H14ClN3O2/c15-11(12-7-16-5-6-17-12)8-18-13(19)9-3-1-2-4-10(9)14(18)20/h1-4,16-17H,5-8H2/b12-11+. The van der Waals surface area contributed by atoms with Crippen LogP contribution in [0.3, 0.4) is 0 Å². The first kappa shape index (κ1) is 13.1. The van der Waals surface area contributed by atoms with Gasteiger partial charge in [0.2, 0.25) is 0 Å². The van der Waals surface area contributed by atoms with Crippen molar-refractivity contribution >= 4 is 23.4 Å². The normalized spacial score (nSPS) is 20.8. The van der Waals surface area contributed by atoms with Crippen molar-refractivity contribution in [1.29, 1.82) is 0 Å². The Bertz CT molecular complexity index is 569. The van der Waals surface area contributed by atoms with Gasteiger partial charge >= 0.3 is 0 Å². The SMILES string of the molecule is O=C1c2ccccc2C(=O)N1C/C(Cl)=C1/CNCCN1. The molecule has 0 radical (unpaired) electrons. The highest BCUT2D eigenvalue weighted by atomic mass is 35.5. The second-order valence-corrected chi connectivity index (χ2v) is 5.19. The van der Waals surface area contributed by atoms with Crippen molar-refractivity contribution in [2.24, 2.45) is 0 Å². The maximum atomic E-state index is 12.2. The summed E-state index contributed by atoms with van der Waals surface area (Å²) in [4.78, 5) is 25.6. The van der Waals surface area contributed by atoms with E-state index in [4.69, 9.17) is 11.6 Å². The highest BCUT2D eigenvalue weighted by molar-refractivity contribution is 6.31. The highest BCUT2D eigenvalue weighted by Crippen LogP contribution is 2.24. The van der Waals surface area contributed by atoms with E-state index in [2.05, 4.69) is 10.6 Å². The van der Waals surface area contributed by atoms with E-state index in [1.54, 1.807) is 24.3 Å². The number of hydrogen-bond donors (Lipinski definition) is 2. The van der Waals surface area contributed by atoms with Gasteiger partial charge in [-0.1, -0.05) is 23.7 Å². The van der Waals surface area contributed by atoms with E-state index in [1.165, 1.54) is 4.90 Å².